The summed E-state index contributed by atoms with van der Waals surface area (Å²) in [6.07, 6.45) is 0. The summed E-state index contributed by atoms with van der Waals surface area (Å²) in [5.41, 5.74) is 0.286. The third kappa shape index (κ3) is 2.26. The fourth-order valence-electron chi connectivity index (χ4n) is 1.52. The average Bonchev–Trinajstić information content (AvgIpc) is 2.82. The summed E-state index contributed by atoms with van der Waals surface area (Å²) in [4.78, 5) is 10.7. The molecule has 2 aromatic rings. The van der Waals surface area contributed by atoms with Gasteiger partial charge in [0, 0.05) is 10.5 Å². The molecule has 0 spiro atoms. The van der Waals surface area contributed by atoms with Crippen LogP contribution in [0.15, 0.2) is 21.1 Å². The fraction of sp³-hybridized carbons (Fsp3) is 0.0909. The minimum absolute atomic E-state index is 0.0939. The third-order valence-corrected chi connectivity index (χ3v) is 2.97. The SMILES string of the molecule is COc1c(O)c(F)cc(Br)c1-c1cc(C(=O)O)on1. The molecule has 0 fully saturated rings. The van der Waals surface area contributed by atoms with E-state index in [0.29, 0.717) is 0 Å². The lowest BCUT2D eigenvalue weighted by molar-refractivity contribution is 0.0652. The van der Waals surface area contributed by atoms with Gasteiger partial charge in [0.2, 0.25) is 5.76 Å². The van der Waals surface area contributed by atoms with E-state index >= 15 is 0 Å². The number of hydrogen-bond donors (Lipinski definition) is 2. The molecule has 0 saturated carbocycles. The molecule has 0 saturated heterocycles. The second kappa shape index (κ2) is 4.88. The van der Waals surface area contributed by atoms with Crippen LogP contribution in [0.3, 0.4) is 0 Å². The summed E-state index contributed by atoms with van der Waals surface area (Å²) in [5, 5.41) is 21.9. The summed E-state index contributed by atoms with van der Waals surface area (Å²) >= 11 is 3.10. The number of rotatable bonds is 3. The highest BCUT2D eigenvalue weighted by Crippen LogP contribution is 2.43. The zero-order chi connectivity index (χ0) is 14.2. The molecular weight excluding hydrogens is 325 g/mol. The summed E-state index contributed by atoms with van der Waals surface area (Å²) < 4.78 is 23.1. The van der Waals surface area contributed by atoms with Gasteiger partial charge in [-0.1, -0.05) is 5.16 Å². The maximum Gasteiger partial charge on any atom is 0.374 e. The molecule has 1 aromatic carbocycles. The zero-order valence-electron chi connectivity index (χ0n) is 9.48. The smallest absolute Gasteiger partial charge is 0.374 e. The predicted octanol–water partition coefficient (Wildman–Crippen LogP) is 2.66. The normalized spacial score (nSPS) is 10.5. The first-order chi connectivity index (χ1) is 8.95. The Kier molecular flexibility index (Phi) is 3.43. The van der Waals surface area contributed by atoms with Crippen molar-refractivity contribution in [1.82, 2.24) is 5.16 Å². The topological polar surface area (TPSA) is 92.8 Å². The third-order valence-electron chi connectivity index (χ3n) is 2.34. The van der Waals surface area contributed by atoms with Crippen molar-refractivity contribution in [3.05, 3.63) is 28.2 Å². The number of carbonyl (C=O) groups is 1. The Morgan fingerprint density at radius 3 is 2.74 bits per heavy atom. The van der Waals surface area contributed by atoms with Crippen LogP contribution < -0.4 is 4.74 Å². The van der Waals surface area contributed by atoms with Crippen molar-refractivity contribution in [3.8, 4) is 22.8 Å². The number of halogens is 2. The number of aromatic carboxylic acids is 1. The number of methoxy groups -OCH3 is 1. The highest BCUT2D eigenvalue weighted by Gasteiger charge is 2.23. The Morgan fingerprint density at radius 2 is 2.21 bits per heavy atom. The maximum atomic E-state index is 13.4. The van der Waals surface area contributed by atoms with Crippen LogP contribution >= 0.6 is 15.9 Å². The summed E-state index contributed by atoms with van der Waals surface area (Å²) in [5.74, 6) is -3.42. The second-order valence-electron chi connectivity index (χ2n) is 3.48. The van der Waals surface area contributed by atoms with Crippen molar-refractivity contribution in [2.75, 3.05) is 7.11 Å². The van der Waals surface area contributed by atoms with Gasteiger partial charge in [-0.05, 0) is 22.0 Å². The Hall–Kier alpha value is -2.09. The highest BCUT2D eigenvalue weighted by atomic mass is 79.9. The number of carboxylic acid groups (broad SMARTS) is 1. The van der Waals surface area contributed by atoms with Gasteiger partial charge in [-0.25, -0.2) is 9.18 Å². The Bertz CT molecular complexity index is 655. The number of aromatic hydroxyl groups is 1. The molecule has 0 aliphatic carbocycles. The van der Waals surface area contributed by atoms with Crippen molar-refractivity contribution in [2.45, 2.75) is 0 Å². The van der Waals surface area contributed by atoms with Gasteiger partial charge >= 0.3 is 5.97 Å². The van der Waals surface area contributed by atoms with Gasteiger partial charge in [0.15, 0.2) is 17.3 Å². The molecule has 6 nitrogen and oxygen atoms in total. The minimum atomic E-state index is -1.29. The molecule has 0 atom stereocenters. The van der Waals surface area contributed by atoms with Crippen LogP contribution in [0.1, 0.15) is 10.6 Å². The van der Waals surface area contributed by atoms with E-state index in [1.807, 2.05) is 0 Å². The number of benzene rings is 1. The van der Waals surface area contributed by atoms with E-state index in [-0.39, 0.29) is 27.2 Å². The van der Waals surface area contributed by atoms with E-state index in [2.05, 4.69) is 25.6 Å². The van der Waals surface area contributed by atoms with Crippen molar-refractivity contribution < 1.29 is 28.7 Å². The van der Waals surface area contributed by atoms with Crippen LogP contribution in [0, 0.1) is 5.82 Å². The first-order valence-corrected chi connectivity index (χ1v) is 5.70. The van der Waals surface area contributed by atoms with E-state index in [1.54, 1.807) is 0 Å². The van der Waals surface area contributed by atoms with Crippen LogP contribution in [-0.2, 0) is 0 Å². The zero-order valence-corrected chi connectivity index (χ0v) is 11.1. The number of ether oxygens (including phenoxy) is 1. The van der Waals surface area contributed by atoms with Crippen LogP contribution in [0.4, 0.5) is 4.39 Å². The lowest BCUT2D eigenvalue weighted by Gasteiger charge is -2.10. The fourth-order valence-corrected chi connectivity index (χ4v) is 2.10. The monoisotopic (exact) mass is 331 g/mol. The van der Waals surface area contributed by atoms with Gasteiger partial charge in [-0.15, -0.1) is 0 Å². The van der Waals surface area contributed by atoms with Gasteiger partial charge in [0.1, 0.15) is 5.69 Å². The molecule has 0 radical (unpaired) electrons. The second-order valence-corrected chi connectivity index (χ2v) is 4.33. The van der Waals surface area contributed by atoms with Crippen LogP contribution in [0.5, 0.6) is 11.5 Å². The van der Waals surface area contributed by atoms with Crippen LogP contribution in [0.25, 0.3) is 11.3 Å². The molecule has 2 rings (SSSR count). The van der Waals surface area contributed by atoms with E-state index in [1.165, 1.54) is 7.11 Å². The van der Waals surface area contributed by atoms with Crippen LogP contribution in [0.2, 0.25) is 0 Å². The van der Waals surface area contributed by atoms with E-state index in [9.17, 15) is 14.3 Å². The molecule has 8 heteroatoms. The van der Waals surface area contributed by atoms with Crippen molar-refractivity contribution in [3.63, 3.8) is 0 Å². The summed E-state index contributed by atoms with van der Waals surface area (Å²) in [6, 6.07) is 2.16. The molecule has 100 valence electrons. The molecule has 19 heavy (non-hydrogen) atoms. The first kappa shape index (κ1) is 13.3. The molecular formula is C11H7BrFNO5. The lowest BCUT2D eigenvalue weighted by atomic mass is 10.1. The molecule has 0 unspecified atom stereocenters. The molecule has 0 aliphatic heterocycles. The number of carboxylic acids is 1. The standard InChI is InChI=1S/C11H7BrFNO5/c1-18-10-8(4(12)2-5(13)9(10)15)6-3-7(11(16)17)19-14-6/h2-3,15H,1H3,(H,16,17). The number of phenolic OH excluding ortho intramolecular Hbond substituents is 1. The molecule has 1 aromatic heterocycles. The van der Waals surface area contributed by atoms with E-state index in [4.69, 9.17) is 9.84 Å². The minimum Gasteiger partial charge on any atom is -0.502 e. The molecule has 1 heterocycles. The van der Waals surface area contributed by atoms with Gasteiger partial charge < -0.3 is 19.5 Å². The van der Waals surface area contributed by atoms with Crippen molar-refractivity contribution in [2.24, 2.45) is 0 Å². The van der Waals surface area contributed by atoms with Gasteiger partial charge in [0.05, 0.1) is 12.7 Å². The van der Waals surface area contributed by atoms with Gasteiger partial charge in [0.25, 0.3) is 0 Å². The lowest BCUT2D eigenvalue weighted by Crippen LogP contribution is -1.93. The number of phenols is 1. The predicted molar refractivity (Wildman–Crippen MR) is 64.8 cm³/mol. The van der Waals surface area contributed by atoms with E-state index in [0.717, 1.165) is 12.1 Å². The van der Waals surface area contributed by atoms with Crippen molar-refractivity contribution >= 4 is 21.9 Å². The Labute approximate surface area is 114 Å². The summed E-state index contributed by atoms with van der Waals surface area (Å²) in [6.45, 7) is 0. The maximum absolute atomic E-state index is 13.4. The number of aromatic nitrogens is 1. The van der Waals surface area contributed by atoms with Gasteiger partial charge in [-0.2, -0.15) is 0 Å². The van der Waals surface area contributed by atoms with Crippen molar-refractivity contribution in [1.29, 1.82) is 0 Å². The Morgan fingerprint density at radius 1 is 1.53 bits per heavy atom. The van der Waals surface area contributed by atoms with Gasteiger partial charge in [-0.3, -0.25) is 0 Å². The van der Waals surface area contributed by atoms with E-state index < -0.39 is 17.5 Å². The summed E-state index contributed by atoms with van der Waals surface area (Å²) in [7, 11) is 1.24. The molecule has 0 aliphatic rings. The van der Waals surface area contributed by atoms with Crippen LogP contribution in [-0.4, -0.2) is 28.4 Å². The number of hydrogen-bond acceptors (Lipinski definition) is 5. The first-order valence-electron chi connectivity index (χ1n) is 4.91. The molecule has 0 bridgehead atoms. The molecule has 0 amide bonds. The largest absolute Gasteiger partial charge is 0.502 e. The average molecular weight is 332 g/mol. The molecule has 2 N–H and O–H groups in total. The quantitative estimate of drug-likeness (QED) is 0.898. The highest BCUT2D eigenvalue weighted by molar-refractivity contribution is 9.10. The number of nitrogens with zero attached hydrogens (tertiary/aromatic N) is 1. The Balaban J connectivity index is 2.66.